The number of fused-ring (bicyclic) bond motifs is 2. The molecule has 0 spiro atoms. The minimum absolute atomic E-state index is 0.248. The fourth-order valence-electron chi connectivity index (χ4n) is 3.85. The Balaban J connectivity index is 1.53. The van der Waals surface area contributed by atoms with Gasteiger partial charge in [-0.3, -0.25) is 10.4 Å². The predicted octanol–water partition coefficient (Wildman–Crippen LogP) is 4.35. The molecule has 0 saturated heterocycles. The smallest absolute Gasteiger partial charge is 0.411 e. The number of aromatic amines is 1. The van der Waals surface area contributed by atoms with Crippen LogP contribution in [0.15, 0.2) is 60.8 Å². The van der Waals surface area contributed by atoms with Gasteiger partial charge in [0.25, 0.3) is 0 Å². The van der Waals surface area contributed by atoms with E-state index in [-0.39, 0.29) is 6.10 Å². The Morgan fingerprint density at radius 2 is 2.03 bits per heavy atom. The molecule has 1 aliphatic rings. The van der Waals surface area contributed by atoms with Crippen molar-refractivity contribution < 1.29 is 14.3 Å². The lowest BCUT2D eigenvalue weighted by molar-refractivity contribution is 0.113. The molecule has 0 bridgehead atoms. The highest BCUT2D eigenvalue weighted by Crippen LogP contribution is 2.33. The number of methoxy groups -OCH3 is 1. The van der Waals surface area contributed by atoms with Crippen molar-refractivity contribution in [2.24, 2.45) is 0 Å². The van der Waals surface area contributed by atoms with Gasteiger partial charge in [-0.05, 0) is 29.3 Å². The second-order valence-electron chi connectivity index (χ2n) is 7.26. The van der Waals surface area contributed by atoms with Crippen LogP contribution in [-0.4, -0.2) is 34.5 Å². The molecule has 0 aliphatic carbocycles. The highest BCUT2D eigenvalue weighted by molar-refractivity contribution is 5.98. The van der Waals surface area contributed by atoms with Gasteiger partial charge in [-0.25, -0.2) is 9.78 Å². The number of anilines is 1. The van der Waals surface area contributed by atoms with Crippen LogP contribution >= 0.6 is 0 Å². The molecule has 1 unspecified atom stereocenters. The van der Waals surface area contributed by atoms with Crippen LogP contribution in [0, 0.1) is 0 Å². The number of benzene rings is 2. The highest BCUT2D eigenvalue weighted by atomic mass is 16.6. The number of amides is 1. The lowest BCUT2D eigenvalue weighted by Crippen LogP contribution is -2.22. The van der Waals surface area contributed by atoms with E-state index >= 15 is 0 Å². The topological polar surface area (TPSA) is 89.1 Å². The summed E-state index contributed by atoms with van der Waals surface area (Å²) >= 11 is 0. The second-order valence-corrected chi connectivity index (χ2v) is 7.26. The molecule has 2 aromatic heterocycles. The number of hydrogen-bond acceptors (Lipinski definition) is 5. The van der Waals surface area contributed by atoms with E-state index in [2.05, 4.69) is 26.6 Å². The molecule has 2 aromatic carbocycles. The largest absolute Gasteiger partial charge is 0.481 e. The van der Waals surface area contributed by atoms with Crippen molar-refractivity contribution >= 4 is 22.7 Å². The molecule has 3 heterocycles. The first-order valence-corrected chi connectivity index (χ1v) is 9.72. The van der Waals surface area contributed by atoms with E-state index < -0.39 is 6.09 Å². The number of cyclic esters (lactones) is 1. The van der Waals surface area contributed by atoms with Crippen LogP contribution < -0.4 is 10.1 Å². The Kier molecular flexibility index (Phi) is 4.55. The number of carbonyl (C=O) groups excluding carboxylic acids is 1. The third kappa shape index (κ3) is 3.45. The summed E-state index contributed by atoms with van der Waals surface area (Å²) in [7, 11) is 1.59. The van der Waals surface area contributed by atoms with Crippen molar-refractivity contribution in [3.05, 3.63) is 71.9 Å². The van der Waals surface area contributed by atoms with Gasteiger partial charge in [-0.2, -0.15) is 5.10 Å². The number of hydrogen-bond donors (Lipinski definition) is 2. The van der Waals surface area contributed by atoms with Crippen molar-refractivity contribution in [1.82, 2.24) is 15.2 Å². The molecule has 1 aliphatic heterocycles. The van der Waals surface area contributed by atoms with Gasteiger partial charge in [-0.1, -0.05) is 30.3 Å². The maximum absolute atomic E-state index is 12.3. The molecular weight excluding hydrogens is 380 g/mol. The van der Waals surface area contributed by atoms with Gasteiger partial charge >= 0.3 is 6.09 Å². The van der Waals surface area contributed by atoms with Crippen LogP contribution in [0.5, 0.6) is 5.88 Å². The molecule has 7 heteroatoms. The van der Waals surface area contributed by atoms with Crippen molar-refractivity contribution in [3.8, 4) is 17.1 Å². The zero-order valence-corrected chi connectivity index (χ0v) is 16.4. The summed E-state index contributed by atoms with van der Waals surface area (Å²) in [6.07, 6.45) is 2.28. The first-order chi connectivity index (χ1) is 14.7. The van der Waals surface area contributed by atoms with Gasteiger partial charge in [0.05, 0.1) is 12.6 Å². The normalized spacial score (nSPS) is 15.8. The minimum atomic E-state index is -0.437. The van der Waals surface area contributed by atoms with Crippen LogP contribution in [0.4, 0.5) is 10.5 Å². The van der Waals surface area contributed by atoms with E-state index in [4.69, 9.17) is 9.47 Å². The maximum Gasteiger partial charge on any atom is 0.411 e. The minimum Gasteiger partial charge on any atom is -0.481 e. The summed E-state index contributed by atoms with van der Waals surface area (Å²) in [5, 5.41) is 11.4. The number of pyridine rings is 1. The van der Waals surface area contributed by atoms with Gasteiger partial charge in [-0.15, -0.1) is 0 Å². The Morgan fingerprint density at radius 3 is 2.87 bits per heavy atom. The standard InChI is InChI=1S/C23H20N4O3/c1-29-21-12-15(7-8-24-21)22-18-11-16-10-17(9-14-5-3-2-4-6-14)30-23(28)25-19(16)13-20(18)26-27-22/h2-8,11-13,17H,9-10H2,1H3,(H,25,28)(H,26,27). The molecular formula is C23H20N4O3. The van der Waals surface area contributed by atoms with Crippen LogP contribution in [0.2, 0.25) is 0 Å². The van der Waals surface area contributed by atoms with Crippen LogP contribution in [0.3, 0.4) is 0 Å². The summed E-state index contributed by atoms with van der Waals surface area (Å²) in [4.78, 5) is 16.5. The molecule has 4 aromatic rings. The summed E-state index contributed by atoms with van der Waals surface area (Å²) in [5.74, 6) is 0.530. The van der Waals surface area contributed by atoms with Crippen molar-refractivity contribution in [2.45, 2.75) is 18.9 Å². The highest BCUT2D eigenvalue weighted by Gasteiger charge is 2.24. The Labute approximate surface area is 173 Å². The van der Waals surface area contributed by atoms with Crippen LogP contribution in [0.1, 0.15) is 11.1 Å². The number of ether oxygens (including phenoxy) is 2. The van der Waals surface area contributed by atoms with E-state index in [1.807, 2.05) is 48.5 Å². The van der Waals surface area contributed by atoms with Crippen molar-refractivity contribution in [1.29, 1.82) is 0 Å². The third-order valence-electron chi connectivity index (χ3n) is 5.27. The van der Waals surface area contributed by atoms with E-state index in [1.54, 1.807) is 13.3 Å². The number of H-pyrrole nitrogens is 1. The van der Waals surface area contributed by atoms with E-state index in [0.717, 1.165) is 39.0 Å². The average molecular weight is 400 g/mol. The fraction of sp³-hybridized carbons (Fsp3) is 0.174. The lowest BCUT2D eigenvalue weighted by Gasteiger charge is -2.14. The first-order valence-electron chi connectivity index (χ1n) is 9.72. The molecule has 0 radical (unpaired) electrons. The predicted molar refractivity (Wildman–Crippen MR) is 114 cm³/mol. The van der Waals surface area contributed by atoms with Crippen LogP contribution in [0.25, 0.3) is 22.2 Å². The van der Waals surface area contributed by atoms with Gasteiger partial charge < -0.3 is 9.47 Å². The molecule has 0 saturated carbocycles. The van der Waals surface area contributed by atoms with Crippen molar-refractivity contribution in [3.63, 3.8) is 0 Å². The van der Waals surface area contributed by atoms with E-state index in [1.165, 1.54) is 0 Å². The SMILES string of the molecule is COc1cc(-c2n[nH]c3cc4c(cc23)CC(Cc2ccccc2)OC(=O)N4)ccn1. The number of rotatable bonds is 4. The quantitative estimate of drug-likeness (QED) is 0.532. The molecule has 7 nitrogen and oxygen atoms in total. The lowest BCUT2D eigenvalue weighted by atomic mass is 9.98. The van der Waals surface area contributed by atoms with Gasteiger partial charge in [0.2, 0.25) is 5.88 Å². The zero-order valence-electron chi connectivity index (χ0n) is 16.4. The van der Waals surface area contributed by atoms with Gasteiger partial charge in [0.1, 0.15) is 11.8 Å². The molecule has 2 N–H and O–H groups in total. The molecule has 150 valence electrons. The Hall–Kier alpha value is -3.87. The van der Waals surface area contributed by atoms with Gasteiger partial charge in [0.15, 0.2) is 0 Å². The summed E-state index contributed by atoms with van der Waals surface area (Å²) in [6.45, 7) is 0. The Bertz CT molecular complexity index is 1220. The molecule has 1 amide bonds. The van der Waals surface area contributed by atoms with E-state index in [0.29, 0.717) is 18.7 Å². The van der Waals surface area contributed by atoms with E-state index in [9.17, 15) is 4.79 Å². The third-order valence-corrected chi connectivity index (χ3v) is 5.27. The maximum atomic E-state index is 12.3. The average Bonchev–Trinajstić information content (AvgIpc) is 3.10. The second kappa shape index (κ2) is 7.51. The first kappa shape index (κ1) is 18.2. The monoisotopic (exact) mass is 400 g/mol. The number of nitrogens with zero attached hydrogens (tertiary/aromatic N) is 2. The molecule has 30 heavy (non-hydrogen) atoms. The summed E-state index contributed by atoms with van der Waals surface area (Å²) < 4.78 is 10.9. The Morgan fingerprint density at radius 1 is 1.17 bits per heavy atom. The van der Waals surface area contributed by atoms with Crippen molar-refractivity contribution in [2.75, 3.05) is 12.4 Å². The zero-order chi connectivity index (χ0) is 20.5. The summed E-state index contributed by atoms with van der Waals surface area (Å²) in [5.41, 5.74) is 5.44. The fourth-order valence-corrected chi connectivity index (χ4v) is 3.85. The molecule has 5 rings (SSSR count). The van der Waals surface area contributed by atoms with Crippen LogP contribution in [-0.2, 0) is 17.6 Å². The number of nitrogens with one attached hydrogen (secondary N) is 2. The number of aromatic nitrogens is 3. The molecule has 1 atom stereocenters. The molecule has 0 fully saturated rings. The number of carbonyl (C=O) groups is 1. The summed E-state index contributed by atoms with van der Waals surface area (Å²) in [6, 6.07) is 17.8. The van der Waals surface area contributed by atoms with Gasteiger partial charge in [0, 0.05) is 41.7 Å².